The van der Waals surface area contributed by atoms with E-state index in [4.69, 9.17) is 9.15 Å². The van der Waals surface area contributed by atoms with Crippen LogP contribution in [0.15, 0.2) is 57.7 Å². The lowest BCUT2D eigenvalue weighted by molar-refractivity contribution is -0.137. The maximum Gasteiger partial charge on any atom is 0.416 e. The number of carbonyl (C=O) groups is 1. The molecular weight excluding hydrogens is 375 g/mol. The molecule has 0 spiro atoms. The molecule has 0 saturated heterocycles. The molecule has 1 N–H and O–H groups in total. The normalized spacial score (nSPS) is 11.6. The fraction of sp³-hybridized carbons (Fsp3) is 0.200. The third kappa shape index (κ3) is 4.33. The van der Waals surface area contributed by atoms with E-state index in [1.807, 2.05) is 13.8 Å². The maximum atomic E-state index is 12.6. The molecule has 0 saturated carbocycles. The molecule has 1 aromatic heterocycles. The highest BCUT2D eigenvalue weighted by molar-refractivity contribution is 6.12. The molecule has 5 nitrogen and oxygen atoms in total. The largest absolute Gasteiger partial charge is 0.491 e. The van der Waals surface area contributed by atoms with E-state index in [0.29, 0.717) is 11.1 Å². The van der Waals surface area contributed by atoms with Crippen molar-refractivity contribution in [1.82, 2.24) is 0 Å². The van der Waals surface area contributed by atoms with Crippen molar-refractivity contribution in [2.45, 2.75) is 26.1 Å². The minimum Gasteiger partial charge on any atom is -0.491 e. The van der Waals surface area contributed by atoms with E-state index in [-0.39, 0.29) is 22.9 Å². The second kappa shape index (κ2) is 7.38. The number of hydrogen-bond acceptors (Lipinski definition) is 4. The Morgan fingerprint density at radius 3 is 2.36 bits per heavy atom. The number of amides is 1. The second-order valence-electron chi connectivity index (χ2n) is 6.33. The molecule has 3 aromatic rings. The molecule has 0 unspecified atom stereocenters. The summed E-state index contributed by atoms with van der Waals surface area (Å²) in [6.45, 7) is 3.68. The van der Waals surface area contributed by atoms with Gasteiger partial charge in [0, 0.05) is 23.2 Å². The Labute approximate surface area is 157 Å². The molecule has 8 heteroatoms. The minimum absolute atomic E-state index is 0.0437. The number of fused-ring (bicyclic) bond motifs is 1. The van der Waals surface area contributed by atoms with Crippen LogP contribution in [0.4, 0.5) is 18.9 Å². The van der Waals surface area contributed by atoms with Crippen molar-refractivity contribution in [1.29, 1.82) is 0 Å². The molecule has 0 radical (unpaired) electrons. The van der Waals surface area contributed by atoms with Crippen molar-refractivity contribution >= 4 is 22.6 Å². The summed E-state index contributed by atoms with van der Waals surface area (Å²) in [6.07, 6.45) is -4.55. The third-order valence-corrected chi connectivity index (χ3v) is 3.80. The molecule has 0 bridgehead atoms. The molecule has 0 atom stereocenters. The fourth-order valence-corrected chi connectivity index (χ4v) is 2.62. The van der Waals surface area contributed by atoms with Crippen molar-refractivity contribution in [2.24, 2.45) is 0 Å². The Balaban J connectivity index is 1.92. The molecule has 3 rings (SSSR count). The van der Waals surface area contributed by atoms with Crippen LogP contribution in [0.5, 0.6) is 5.75 Å². The summed E-state index contributed by atoms with van der Waals surface area (Å²) in [5, 5.41) is 2.86. The number of halogens is 3. The smallest absolute Gasteiger partial charge is 0.416 e. The number of alkyl halides is 3. The fourth-order valence-electron chi connectivity index (χ4n) is 2.62. The molecule has 0 aliphatic heterocycles. The zero-order valence-corrected chi connectivity index (χ0v) is 15.0. The Morgan fingerprint density at radius 1 is 1.07 bits per heavy atom. The van der Waals surface area contributed by atoms with E-state index >= 15 is 0 Å². The summed E-state index contributed by atoms with van der Waals surface area (Å²) in [4.78, 5) is 24.4. The van der Waals surface area contributed by atoms with Gasteiger partial charge in [-0.25, -0.2) is 4.79 Å². The van der Waals surface area contributed by atoms with Crippen LogP contribution in [0.3, 0.4) is 0 Å². The zero-order valence-electron chi connectivity index (χ0n) is 15.0. The Kier molecular flexibility index (Phi) is 5.13. The molecule has 1 amide bonds. The van der Waals surface area contributed by atoms with Crippen LogP contribution in [0.25, 0.3) is 11.0 Å². The van der Waals surface area contributed by atoms with Crippen LogP contribution >= 0.6 is 0 Å². The summed E-state index contributed by atoms with van der Waals surface area (Å²) >= 11 is 0. The molecule has 0 fully saturated rings. The van der Waals surface area contributed by atoms with E-state index in [0.717, 1.165) is 30.3 Å². The van der Waals surface area contributed by atoms with Crippen molar-refractivity contribution in [3.63, 3.8) is 0 Å². The number of benzene rings is 2. The molecule has 1 heterocycles. The van der Waals surface area contributed by atoms with Crippen LogP contribution in [-0.4, -0.2) is 12.0 Å². The van der Waals surface area contributed by atoms with E-state index in [1.54, 1.807) is 12.1 Å². The lowest BCUT2D eigenvalue weighted by Gasteiger charge is -2.12. The summed E-state index contributed by atoms with van der Waals surface area (Å²) in [5.74, 6) is -0.166. The van der Waals surface area contributed by atoms with Gasteiger partial charge in [0.15, 0.2) is 0 Å². The van der Waals surface area contributed by atoms with Gasteiger partial charge in [-0.2, -0.15) is 13.2 Å². The van der Waals surface area contributed by atoms with Gasteiger partial charge in [-0.3, -0.25) is 4.79 Å². The van der Waals surface area contributed by atoms with Gasteiger partial charge < -0.3 is 14.5 Å². The zero-order chi connectivity index (χ0) is 20.5. The number of rotatable bonds is 4. The molecule has 28 heavy (non-hydrogen) atoms. The van der Waals surface area contributed by atoms with Crippen molar-refractivity contribution in [3.8, 4) is 5.75 Å². The van der Waals surface area contributed by atoms with Gasteiger partial charge in [0.2, 0.25) is 0 Å². The maximum absolute atomic E-state index is 12.6. The number of hydrogen-bond donors (Lipinski definition) is 1. The van der Waals surface area contributed by atoms with E-state index in [9.17, 15) is 22.8 Å². The number of carbonyl (C=O) groups excluding carboxylic acids is 1. The third-order valence-electron chi connectivity index (χ3n) is 3.80. The minimum atomic E-state index is -4.47. The monoisotopic (exact) mass is 391 g/mol. The first kappa shape index (κ1) is 19.5. The highest BCUT2D eigenvalue weighted by atomic mass is 19.4. The summed E-state index contributed by atoms with van der Waals surface area (Å²) < 4.78 is 48.6. The molecule has 0 aliphatic carbocycles. The van der Waals surface area contributed by atoms with Crippen LogP contribution in [-0.2, 0) is 6.18 Å². The first-order valence-corrected chi connectivity index (χ1v) is 8.36. The summed E-state index contributed by atoms with van der Waals surface area (Å²) in [7, 11) is 0. The first-order chi connectivity index (χ1) is 13.1. The average molecular weight is 391 g/mol. The van der Waals surface area contributed by atoms with Gasteiger partial charge in [-0.15, -0.1) is 0 Å². The SMILES string of the molecule is CC(C)Oc1ccc2c(C(=O)Nc3ccc(C(F)(F)F)cc3)cc(=O)oc2c1. The van der Waals surface area contributed by atoms with Gasteiger partial charge in [0.25, 0.3) is 5.91 Å². The molecule has 146 valence electrons. The average Bonchev–Trinajstić information content (AvgIpc) is 2.59. The first-order valence-electron chi connectivity index (χ1n) is 8.36. The molecular formula is C20H16F3NO4. The number of anilines is 1. The van der Waals surface area contributed by atoms with Crippen molar-refractivity contribution in [2.75, 3.05) is 5.32 Å². The lowest BCUT2D eigenvalue weighted by Crippen LogP contribution is -2.15. The van der Waals surface area contributed by atoms with Gasteiger partial charge in [0.05, 0.1) is 17.2 Å². The Morgan fingerprint density at radius 2 is 1.75 bits per heavy atom. The van der Waals surface area contributed by atoms with Gasteiger partial charge >= 0.3 is 11.8 Å². The highest BCUT2D eigenvalue weighted by Crippen LogP contribution is 2.30. The Bertz CT molecular complexity index is 1070. The highest BCUT2D eigenvalue weighted by Gasteiger charge is 2.30. The summed E-state index contributed by atoms with van der Waals surface area (Å²) in [5.41, 5.74) is -1.18. The van der Waals surface area contributed by atoms with Crippen LogP contribution in [0.2, 0.25) is 0 Å². The second-order valence-corrected chi connectivity index (χ2v) is 6.33. The van der Waals surface area contributed by atoms with Crippen LogP contribution in [0.1, 0.15) is 29.8 Å². The van der Waals surface area contributed by atoms with Crippen LogP contribution < -0.4 is 15.7 Å². The van der Waals surface area contributed by atoms with Crippen LogP contribution in [0, 0.1) is 0 Å². The Hall–Kier alpha value is -3.29. The predicted molar refractivity (Wildman–Crippen MR) is 97.6 cm³/mol. The predicted octanol–water partition coefficient (Wildman–Crippen LogP) is 4.85. The lowest BCUT2D eigenvalue weighted by atomic mass is 10.1. The van der Waals surface area contributed by atoms with Gasteiger partial charge in [-0.05, 0) is 50.2 Å². The number of ether oxygens (including phenoxy) is 1. The standard InChI is InChI=1S/C20H16F3NO4/c1-11(2)27-14-7-8-15-16(10-18(25)28-17(15)9-14)19(26)24-13-5-3-12(4-6-13)20(21,22)23/h3-11H,1-2H3,(H,24,26). The summed E-state index contributed by atoms with van der Waals surface area (Å²) in [6, 6.07) is 9.77. The van der Waals surface area contributed by atoms with E-state index in [2.05, 4.69) is 5.32 Å². The number of nitrogens with one attached hydrogen (secondary N) is 1. The van der Waals surface area contributed by atoms with E-state index in [1.165, 1.54) is 6.07 Å². The van der Waals surface area contributed by atoms with Crippen molar-refractivity contribution in [3.05, 3.63) is 70.1 Å². The molecule has 0 aliphatic rings. The van der Waals surface area contributed by atoms with Crippen molar-refractivity contribution < 1.29 is 27.1 Å². The van der Waals surface area contributed by atoms with Gasteiger partial charge in [0.1, 0.15) is 11.3 Å². The van der Waals surface area contributed by atoms with Gasteiger partial charge in [-0.1, -0.05) is 0 Å². The topological polar surface area (TPSA) is 68.5 Å². The quantitative estimate of drug-likeness (QED) is 0.646. The van der Waals surface area contributed by atoms with E-state index < -0.39 is 23.3 Å². The molecule has 2 aromatic carbocycles.